The van der Waals surface area contributed by atoms with E-state index in [4.69, 9.17) is 15.2 Å². The lowest BCUT2D eigenvalue weighted by molar-refractivity contribution is -0.199. The Kier molecular flexibility index (Phi) is 16.2. The van der Waals surface area contributed by atoms with E-state index in [0.717, 1.165) is 55.6 Å². The summed E-state index contributed by atoms with van der Waals surface area (Å²) in [5.41, 5.74) is 9.17. The van der Waals surface area contributed by atoms with E-state index in [2.05, 4.69) is 5.32 Å². The van der Waals surface area contributed by atoms with Crippen molar-refractivity contribution in [2.45, 2.75) is 70.6 Å². The van der Waals surface area contributed by atoms with Crippen molar-refractivity contribution in [2.75, 3.05) is 30.1 Å². The highest BCUT2D eigenvalue weighted by atomic mass is 33.1. The fourth-order valence-electron chi connectivity index (χ4n) is 4.04. The Bertz CT molecular complexity index is 808. The van der Waals surface area contributed by atoms with Gasteiger partial charge in [0.05, 0.1) is 5.92 Å². The number of carbonyl (C=O) groups is 3. The van der Waals surface area contributed by atoms with Gasteiger partial charge >= 0.3 is 11.9 Å². The van der Waals surface area contributed by atoms with E-state index in [-0.39, 0.29) is 36.8 Å². The van der Waals surface area contributed by atoms with Crippen LogP contribution in [0.3, 0.4) is 0 Å². The summed E-state index contributed by atoms with van der Waals surface area (Å²) in [6.45, 7) is 1.44. The smallest absolute Gasteiger partial charge is 0.328 e. The van der Waals surface area contributed by atoms with Crippen molar-refractivity contribution in [3.8, 4) is 0 Å². The van der Waals surface area contributed by atoms with Gasteiger partial charge in [-0.15, -0.1) is 0 Å². The van der Waals surface area contributed by atoms with Gasteiger partial charge in [0.15, 0.2) is 0 Å². The van der Waals surface area contributed by atoms with E-state index in [1.807, 2.05) is 36.6 Å². The second-order valence-electron chi connectivity index (χ2n) is 9.25. The van der Waals surface area contributed by atoms with Crippen LogP contribution < -0.4 is 11.1 Å². The highest BCUT2D eigenvalue weighted by Crippen LogP contribution is 2.29. The normalized spacial score (nSPS) is 16.4. The van der Waals surface area contributed by atoms with Crippen LogP contribution in [0.5, 0.6) is 0 Å². The Balaban J connectivity index is 1.89. The highest BCUT2D eigenvalue weighted by Gasteiger charge is 2.30. The van der Waals surface area contributed by atoms with Crippen LogP contribution in [0.25, 0.3) is 0 Å². The van der Waals surface area contributed by atoms with Gasteiger partial charge in [-0.2, -0.15) is 11.8 Å². The molecule has 1 amide bonds. The molecule has 7 nitrogen and oxygen atoms in total. The van der Waals surface area contributed by atoms with E-state index >= 15 is 0 Å². The number of benzene rings is 1. The number of nitrogens with one attached hydrogen (secondary N) is 2. The third kappa shape index (κ3) is 13.3. The summed E-state index contributed by atoms with van der Waals surface area (Å²) in [5, 5.41) is 2.74. The topological polar surface area (TPSA) is 105 Å². The van der Waals surface area contributed by atoms with Crippen molar-refractivity contribution in [1.29, 1.82) is 0 Å². The summed E-state index contributed by atoms with van der Waals surface area (Å²) in [6, 6.07) is 9.71. The van der Waals surface area contributed by atoms with Gasteiger partial charge in [-0.3, -0.25) is 20.1 Å². The maximum Gasteiger partial charge on any atom is 0.328 e. The van der Waals surface area contributed by atoms with Crippen LogP contribution in [-0.2, 0) is 30.3 Å². The first-order valence-corrected chi connectivity index (χ1v) is 17.0. The third-order valence-corrected chi connectivity index (χ3v) is 9.42. The summed E-state index contributed by atoms with van der Waals surface area (Å²) >= 11 is 1.75. The number of amides is 1. The van der Waals surface area contributed by atoms with Crippen molar-refractivity contribution in [3.05, 3.63) is 35.9 Å². The van der Waals surface area contributed by atoms with E-state index in [9.17, 15) is 14.4 Å². The molecule has 1 aromatic carbocycles. The minimum absolute atomic E-state index is 0.0000588. The fraction of sp³-hybridized carbons (Fsp3) is 0.667. The maximum absolute atomic E-state index is 13.1. The highest BCUT2D eigenvalue weighted by molar-refractivity contribution is 8.76. The second kappa shape index (κ2) is 18.8. The number of rotatable bonds is 17. The SMILES string of the molecule is CCC(=O)OC(OC(=O)CNC(=O)C(CSSCC([NH])CCSC)Cc1ccccc1)C1CCCCC1. The molecule has 10 heteroatoms. The molecule has 0 aromatic heterocycles. The zero-order valence-corrected chi connectivity index (χ0v) is 24.4. The van der Waals surface area contributed by atoms with Gasteiger partial charge in [0.2, 0.25) is 12.2 Å². The number of esters is 2. The fourth-order valence-corrected chi connectivity index (χ4v) is 7.08. The maximum atomic E-state index is 13.1. The molecule has 1 fully saturated rings. The lowest BCUT2D eigenvalue weighted by Gasteiger charge is -2.29. The molecule has 1 aliphatic carbocycles. The molecular formula is C27H41N2O5S3. The van der Waals surface area contributed by atoms with Crippen LogP contribution in [0.1, 0.15) is 57.4 Å². The molecule has 207 valence electrons. The number of thioether (sulfide) groups is 1. The molecule has 3 unspecified atom stereocenters. The zero-order chi connectivity index (χ0) is 26.9. The van der Waals surface area contributed by atoms with Crippen LogP contribution >= 0.6 is 33.3 Å². The summed E-state index contributed by atoms with van der Waals surface area (Å²) in [6.07, 6.45) is 7.67. The Hall–Kier alpha value is -1.36. The van der Waals surface area contributed by atoms with Crippen molar-refractivity contribution < 1.29 is 23.9 Å². The van der Waals surface area contributed by atoms with Crippen molar-refractivity contribution in [2.24, 2.45) is 11.8 Å². The van der Waals surface area contributed by atoms with E-state index < -0.39 is 18.2 Å². The first-order valence-electron chi connectivity index (χ1n) is 13.1. The Morgan fingerprint density at radius 2 is 1.70 bits per heavy atom. The molecular weight excluding hydrogens is 529 g/mol. The van der Waals surface area contributed by atoms with Crippen LogP contribution in [0.2, 0.25) is 0 Å². The molecule has 1 saturated carbocycles. The van der Waals surface area contributed by atoms with Gasteiger partial charge in [0, 0.05) is 29.9 Å². The molecule has 1 aliphatic rings. The molecule has 1 aromatic rings. The van der Waals surface area contributed by atoms with Crippen molar-refractivity contribution >= 4 is 51.2 Å². The molecule has 37 heavy (non-hydrogen) atoms. The van der Waals surface area contributed by atoms with Crippen LogP contribution in [-0.4, -0.2) is 60.2 Å². The van der Waals surface area contributed by atoms with Crippen molar-refractivity contribution in [3.63, 3.8) is 0 Å². The average Bonchev–Trinajstić information content (AvgIpc) is 2.92. The van der Waals surface area contributed by atoms with E-state index in [1.165, 1.54) is 0 Å². The number of hydrogen-bond acceptors (Lipinski definition) is 8. The average molecular weight is 570 g/mol. The predicted molar refractivity (Wildman–Crippen MR) is 154 cm³/mol. The summed E-state index contributed by atoms with van der Waals surface area (Å²) in [5.74, 6) is 0.749. The first kappa shape index (κ1) is 31.9. The molecule has 2 rings (SSSR count). The van der Waals surface area contributed by atoms with E-state index in [1.54, 1.807) is 40.3 Å². The summed E-state index contributed by atoms with van der Waals surface area (Å²) in [7, 11) is 3.22. The molecule has 2 N–H and O–H groups in total. The van der Waals surface area contributed by atoms with Gasteiger partial charge in [-0.1, -0.05) is 78.1 Å². The largest absolute Gasteiger partial charge is 0.425 e. The van der Waals surface area contributed by atoms with Gasteiger partial charge in [0.25, 0.3) is 0 Å². The minimum Gasteiger partial charge on any atom is -0.425 e. The molecule has 0 spiro atoms. The molecule has 0 aliphatic heterocycles. The summed E-state index contributed by atoms with van der Waals surface area (Å²) in [4.78, 5) is 37.6. The quantitative estimate of drug-likeness (QED) is 0.119. The molecule has 0 bridgehead atoms. The Morgan fingerprint density at radius 3 is 2.38 bits per heavy atom. The van der Waals surface area contributed by atoms with Crippen LogP contribution in [0.4, 0.5) is 0 Å². The van der Waals surface area contributed by atoms with Gasteiger partial charge in [-0.25, -0.2) is 0 Å². The zero-order valence-electron chi connectivity index (χ0n) is 21.9. The Labute approximate surface area is 233 Å². The molecule has 3 atom stereocenters. The van der Waals surface area contributed by atoms with Crippen LogP contribution in [0.15, 0.2) is 30.3 Å². The van der Waals surface area contributed by atoms with Crippen LogP contribution in [0, 0.1) is 11.8 Å². The second-order valence-corrected chi connectivity index (χ2v) is 12.8. The monoisotopic (exact) mass is 569 g/mol. The number of hydrogen-bond donors (Lipinski definition) is 1. The molecule has 0 saturated heterocycles. The molecule has 1 radical (unpaired) electrons. The summed E-state index contributed by atoms with van der Waals surface area (Å²) < 4.78 is 11.0. The van der Waals surface area contributed by atoms with E-state index in [0.29, 0.717) is 12.2 Å². The van der Waals surface area contributed by atoms with Gasteiger partial charge in [0.1, 0.15) is 6.54 Å². The standard InChI is InChI=1S/C27H41N2O5S3/c1-3-24(30)33-27(21-12-8-5-9-13-21)34-25(31)17-29-26(32)22(16-20-10-6-4-7-11-20)18-36-37-19-23(28)14-15-35-2/h4,6-7,10-11,21-23,27-28H,3,5,8-9,12-19H2,1-2H3,(H,29,32). The first-order chi connectivity index (χ1) is 17.9. The Morgan fingerprint density at radius 1 is 1.03 bits per heavy atom. The lowest BCUT2D eigenvalue weighted by Crippen LogP contribution is -2.40. The molecule has 0 heterocycles. The number of ether oxygens (including phenoxy) is 2. The number of carbonyl (C=O) groups excluding carboxylic acids is 3. The van der Waals surface area contributed by atoms with Gasteiger partial charge in [-0.05, 0) is 43.3 Å². The minimum atomic E-state index is -0.895. The third-order valence-electron chi connectivity index (χ3n) is 6.21. The predicted octanol–water partition coefficient (Wildman–Crippen LogP) is 5.15. The van der Waals surface area contributed by atoms with Crippen molar-refractivity contribution in [1.82, 2.24) is 11.1 Å². The van der Waals surface area contributed by atoms with Gasteiger partial charge < -0.3 is 14.8 Å². The lowest BCUT2D eigenvalue weighted by atomic mass is 9.89.